The van der Waals surface area contributed by atoms with Crippen LogP contribution in [0.25, 0.3) is 0 Å². The number of hydrogen-bond acceptors (Lipinski definition) is 2. The number of hydrogen-bond donors (Lipinski definition) is 1. The molecule has 2 aromatic carbocycles. The molecule has 0 bridgehead atoms. The molecule has 0 heterocycles. The lowest BCUT2D eigenvalue weighted by molar-refractivity contribution is 0.0693. The molecule has 0 atom stereocenters. The van der Waals surface area contributed by atoms with E-state index in [-0.39, 0.29) is 16.9 Å². The van der Waals surface area contributed by atoms with Gasteiger partial charge < -0.3 is 5.11 Å². The lowest BCUT2D eigenvalue weighted by Crippen LogP contribution is -2.09. The van der Waals surface area contributed by atoms with Crippen molar-refractivity contribution in [2.45, 2.75) is 6.92 Å². The molecule has 0 aliphatic rings. The molecule has 1 N–H and O–H groups in total. The first-order valence-electron chi connectivity index (χ1n) is 5.64. The highest BCUT2D eigenvalue weighted by Gasteiger charge is 2.17. The molecular formula is C15H11ClO3. The summed E-state index contributed by atoms with van der Waals surface area (Å²) >= 11 is 5.91. The summed E-state index contributed by atoms with van der Waals surface area (Å²) < 4.78 is 0. The Kier molecular flexibility index (Phi) is 3.67. The first-order valence-corrected chi connectivity index (χ1v) is 6.01. The van der Waals surface area contributed by atoms with Gasteiger partial charge in [-0.1, -0.05) is 29.8 Å². The van der Waals surface area contributed by atoms with E-state index in [1.54, 1.807) is 37.3 Å². The Balaban J connectivity index is 2.50. The van der Waals surface area contributed by atoms with Crippen molar-refractivity contribution in [3.8, 4) is 0 Å². The maximum Gasteiger partial charge on any atom is 0.336 e. The van der Waals surface area contributed by atoms with Gasteiger partial charge in [-0.15, -0.1) is 0 Å². The molecule has 0 aliphatic carbocycles. The molecule has 3 nitrogen and oxygen atoms in total. The van der Waals surface area contributed by atoms with Gasteiger partial charge in [0.15, 0.2) is 5.78 Å². The Morgan fingerprint density at radius 2 is 1.68 bits per heavy atom. The summed E-state index contributed by atoms with van der Waals surface area (Å²) in [5, 5.41) is 9.66. The highest BCUT2D eigenvalue weighted by atomic mass is 35.5. The lowest BCUT2D eigenvalue weighted by atomic mass is 9.97. The average molecular weight is 275 g/mol. The van der Waals surface area contributed by atoms with Crippen LogP contribution in [-0.4, -0.2) is 16.9 Å². The van der Waals surface area contributed by atoms with Crippen molar-refractivity contribution >= 4 is 23.4 Å². The number of rotatable bonds is 3. The predicted molar refractivity (Wildman–Crippen MR) is 73.0 cm³/mol. The lowest BCUT2D eigenvalue weighted by Gasteiger charge is -2.06. The molecule has 0 amide bonds. The number of ketones is 1. The van der Waals surface area contributed by atoms with Crippen LogP contribution in [0.2, 0.25) is 5.02 Å². The molecule has 2 aromatic rings. The van der Waals surface area contributed by atoms with E-state index in [0.717, 1.165) is 5.56 Å². The van der Waals surface area contributed by atoms with Gasteiger partial charge in [-0.05, 0) is 36.8 Å². The van der Waals surface area contributed by atoms with Gasteiger partial charge in [-0.3, -0.25) is 4.79 Å². The second-order valence-electron chi connectivity index (χ2n) is 4.14. The quantitative estimate of drug-likeness (QED) is 0.871. The number of carbonyl (C=O) groups is 2. The van der Waals surface area contributed by atoms with Gasteiger partial charge in [-0.2, -0.15) is 0 Å². The molecule has 0 saturated carbocycles. The van der Waals surface area contributed by atoms with Crippen molar-refractivity contribution in [1.29, 1.82) is 0 Å². The number of halogens is 1. The van der Waals surface area contributed by atoms with Gasteiger partial charge in [0.2, 0.25) is 0 Å². The number of aryl methyl sites for hydroxylation is 1. The molecule has 0 fully saturated rings. The number of carboxylic acids is 1. The van der Waals surface area contributed by atoms with Crippen molar-refractivity contribution in [2.75, 3.05) is 0 Å². The maximum atomic E-state index is 12.3. The standard InChI is InChI=1S/C15H11ClO3/c1-9-8-10(6-7-13(9)16)14(17)11-4-2-3-5-12(11)15(18)19/h2-8H,1H3,(H,18,19). The third kappa shape index (κ3) is 2.66. The van der Waals surface area contributed by atoms with Gasteiger partial charge in [-0.25, -0.2) is 4.79 Å². The summed E-state index contributed by atoms with van der Waals surface area (Å²) in [6, 6.07) is 11.0. The van der Waals surface area contributed by atoms with Crippen LogP contribution in [0.3, 0.4) is 0 Å². The predicted octanol–water partition coefficient (Wildman–Crippen LogP) is 3.58. The fourth-order valence-corrected chi connectivity index (χ4v) is 1.93. The van der Waals surface area contributed by atoms with Crippen molar-refractivity contribution in [2.24, 2.45) is 0 Å². The van der Waals surface area contributed by atoms with E-state index < -0.39 is 5.97 Å². The second-order valence-corrected chi connectivity index (χ2v) is 4.55. The van der Waals surface area contributed by atoms with E-state index in [2.05, 4.69) is 0 Å². The normalized spacial score (nSPS) is 10.2. The van der Waals surface area contributed by atoms with Crippen LogP contribution in [-0.2, 0) is 0 Å². The Morgan fingerprint density at radius 3 is 2.26 bits per heavy atom. The highest BCUT2D eigenvalue weighted by molar-refractivity contribution is 6.31. The molecule has 19 heavy (non-hydrogen) atoms. The van der Waals surface area contributed by atoms with Crippen LogP contribution in [0.15, 0.2) is 42.5 Å². The van der Waals surface area contributed by atoms with E-state index in [4.69, 9.17) is 16.7 Å². The van der Waals surface area contributed by atoms with Crippen LogP contribution >= 0.6 is 11.6 Å². The van der Waals surface area contributed by atoms with Crippen LogP contribution < -0.4 is 0 Å². The van der Waals surface area contributed by atoms with Gasteiger partial charge in [0.05, 0.1) is 5.56 Å². The minimum Gasteiger partial charge on any atom is -0.478 e. The van der Waals surface area contributed by atoms with E-state index in [1.807, 2.05) is 0 Å². The monoisotopic (exact) mass is 274 g/mol. The molecular weight excluding hydrogens is 264 g/mol. The van der Waals surface area contributed by atoms with Crippen molar-refractivity contribution in [3.05, 3.63) is 69.7 Å². The average Bonchev–Trinajstić information content (AvgIpc) is 2.41. The number of benzene rings is 2. The van der Waals surface area contributed by atoms with Crippen LogP contribution in [0.5, 0.6) is 0 Å². The molecule has 0 aromatic heterocycles. The first-order chi connectivity index (χ1) is 9.00. The fraction of sp³-hybridized carbons (Fsp3) is 0.0667. The summed E-state index contributed by atoms with van der Waals surface area (Å²) in [6.45, 7) is 1.79. The molecule has 0 saturated heterocycles. The van der Waals surface area contributed by atoms with Crippen LogP contribution in [0.1, 0.15) is 31.8 Å². The summed E-state index contributed by atoms with van der Waals surface area (Å²) in [6.07, 6.45) is 0. The highest BCUT2D eigenvalue weighted by Crippen LogP contribution is 2.20. The Morgan fingerprint density at radius 1 is 1.05 bits per heavy atom. The van der Waals surface area contributed by atoms with Crippen LogP contribution in [0.4, 0.5) is 0 Å². The molecule has 2 rings (SSSR count). The second kappa shape index (κ2) is 5.24. The Labute approximate surface area is 115 Å². The SMILES string of the molecule is Cc1cc(C(=O)c2ccccc2C(=O)O)ccc1Cl. The third-order valence-electron chi connectivity index (χ3n) is 2.82. The van der Waals surface area contributed by atoms with E-state index in [1.165, 1.54) is 12.1 Å². The molecule has 0 radical (unpaired) electrons. The molecule has 96 valence electrons. The van der Waals surface area contributed by atoms with Gasteiger partial charge in [0.1, 0.15) is 0 Å². The number of carbonyl (C=O) groups excluding carboxylic acids is 1. The summed E-state index contributed by atoms with van der Waals surface area (Å²) in [7, 11) is 0. The number of carboxylic acid groups (broad SMARTS) is 1. The summed E-state index contributed by atoms with van der Waals surface area (Å²) in [5.74, 6) is -1.44. The molecule has 0 unspecified atom stereocenters. The fourth-order valence-electron chi connectivity index (χ4n) is 1.81. The maximum absolute atomic E-state index is 12.3. The number of aromatic carboxylic acids is 1. The van der Waals surface area contributed by atoms with Crippen molar-refractivity contribution in [3.63, 3.8) is 0 Å². The molecule has 0 spiro atoms. The zero-order chi connectivity index (χ0) is 14.0. The minimum atomic E-state index is -1.12. The Bertz CT molecular complexity index is 662. The van der Waals surface area contributed by atoms with Crippen LogP contribution in [0, 0.1) is 6.92 Å². The van der Waals surface area contributed by atoms with E-state index >= 15 is 0 Å². The Hall–Kier alpha value is -2.13. The molecule has 0 aliphatic heterocycles. The van der Waals surface area contributed by atoms with Crippen molar-refractivity contribution < 1.29 is 14.7 Å². The minimum absolute atomic E-state index is 0.0000954. The van der Waals surface area contributed by atoms with Crippen molar-refractivity contribution in [1.82, 2.24) is 0 Å². The summed E-state index contributed by atoms with van der Waals surface area (Å²) in [4.78, 5) is 23.4. The van der Waals surface area contributed by atoms with E-state index in [9.17, 15) is 9.59 Å². The smallest absolute Gasteiger partial charge is 0.336 e. The van der Waals surface area contributed by atoms with Gasteiger partial charge in [0.25, 0.3) is 0 Å². The summed E-state index contributed by atoms with van der Waals surface area (Å²) in [5.41, 5.74) is 1.38. The molecule has 4 heteroatoms. The largest absolute Gasteiger partial charge is 0.478 e. The zero-order valence-electron chi connectivity index (χ0n) is 10.2. The van der Waals surface area contributed by atoms with Gasteiger partial charge >= 0.3 is 5.97 Å². The first kappa shape index (κ1) is 13.3. The topological polar surface area (TPSA) is 54.4 Å². The van der Waals surface area contributed by atoms with Gasteiger partial charge in [0, 0.05) is 16.1 Å². The zero-order valence-corrected chi connectivity index (χ0v) is 10.9. The third-order valence-corrected chi connectivity index (χ3v) is 3.25. The van der Waals surface area contributed by atoms with E-state index in [0.29, 0.717) is 10.6 Å².